The number of hydrogen-bond acceptors (Lipinski definition) is 2. The molecule has 0 bridgehead atoms. The van der Waals surface area contributed by atoms with E-state index in [1.54, 1.807) is 18.2 Å². The lowest BCUT2D eigenvalue weighted by molar-refractivity contribution is 0.0697. The number of para-hydroxylation sites is 1. The van der Waals surface area contributed by atoms with Gasteiger partial charge in [-0.15, -0.1) is 0 Å². The van der Waals surface area contributed by atoms with E-state index in [0.29, 0.717) is 22.4 Å². The highest BCUT2D eigenvalue weighted by molar-refractivity contribution is 5.94. The van der Waals surface area contributed by atoms with Crippen LogP contribution in [0.4, 0.5) is 10.1 Å². The number of carbonyl (C=O) groups is 1. The molecule has 0 radical (unpaired) electrons. The summed E-state index contributed by atoms with van der Waals surface area (Å²) in [6.07, 6.45) is 1.49. The van der Waals surface area contributed by atoms with E-state index in [9.17, 15) is 14.3 Å². The van der Waals surface area contributed by atoms with Crippen LogP contribution in [0, 0.1) is 12.4 Å². The maximum Gasteiger partial charge on any atom is 0.335 e. The van der Waals surface area contributed by atoms with Gasteiger partial charge in [0.25, 0.3) is 0 Å². The molecule has 1 aliphatic heterocycles. The molecule has 5 heteroatoms. The molecular weight excluding hydrogens is 297 g/mol. The van der Waals surface area contributed by atoms with Crippen molar-refractivity contribution in [1.29, 1.82) is 0 Å². The molecule has 4 nitrogen and oxygen atoms in total. The van der Waals surface area contributed by atoms with Gasteiger partial charge in [0.1, 0.15) is 17.7 Å². The van der Waals surface area contributed by atoms with E-state index < -0.39 is 11.8 Å². The number of nitrogens with zero attached hydrogens (tertiary/aromatic N) is 1. The third-order valence-corrected chi connectivity index (χ3v) is 3.62. The topological polar surface area (TPSA) is 50.9 Å². The molecule has 2 aromatic carbocycles. The number of rotatable bonds is 2. The van der Waals surface area contributed by atoms with Gasteiger partial charge in [-0.25, -0.2) is 14.0 Å². The Morgan fingerprint density at radius 1 is 1.30 bits per heavy atom. The zero-order valence-electron chi connectivity index (χ0n) is 12.2. The van der Waals surface area contributed by atoms with E-state index in [0.717, 1.165) is 0 Å². The van der Waals surface area contributed by atoms with Crippen molar-refractivity contribution in [2.75, 3.05) is 0 Å². The lowest BCUT2D eigenvalue weighted by Crippen LogP contribution is -2.16. The van der Waals surface area contributed by atoms with Gasteiger partial charge in [-0.1, -0.05) is 12.1 Å². The Morgan fingerprint density at radius 3 is 2.78 bits per heavy atom. The molecule has 1 atom stereocenters. The maximum atomic E-state index is 13.9. The molecule has 0 aromatic heterocycles. The second-order valence-electron chi connectivity index (χ2n) is 5.17. The quantitative estimate of drug-likeness (QED) is 0.842. The minimum absolute atomic E-state index is 0.0838. The van der Waals surface area contributed by atoms with E-state index in [-0.39, 0.29) is 17.4 Å². The van der Waals surface area contributed by atoms with Crippen molar-refractivity contribution < 1.29 is 19.0 Å². The van der Waals surface area contributed by atoms with E-state index in [2.05, 4.69) is 4.85 Å². The Kier molecular flexibility index (Phi) is 3.59. The van der Waals surface area contributed by atoms with Crippen LogP contribution >= 0.6 is 0 Å². The van der Waals surface area contributed by atoms with Crippen LogP contribution in [-0.4, -0.2) is 17.2 Å². The summed E-state index contributed by atoms with van der Waals surface area (Å²) in [5.74, 6) is -1.15. The molecule has 3 rings (SSSR count). The second-order valence-corrected chi connectivity index (χ2v) is 5.17. The molecule has 1 heterocycles. The molecule has 0 fully saturated rings. The summed E-state index contributed by atoms with van der Waals surface area (Å²) < 4.78 is 19.6. The van der Waals surface area contributed by atoms with E-state index >= 15 is 0 Å². The highest BCUT2D eigenvalue weighted by Gasteiger charge is 2.23. The smallest absolute Gasteiger partial charge is 0.335 e. The van der Waals surface area contributed by atoms with Crippen LogP contribution < -0.4 is 4.74 Å². The summed E-state index contributed by atoms with van der Waals surface area (Å²) in [7, 11) is 0. The lowest BCUT2D eigenvalue weighted by Gasteiger charge is -2.24. The number of hydrogen-bond donors (Lipinski definition) is 1. The molecule has 23 heavy (non-hydrogen) atoms. The van der Waals surface area contributed by atoms with E-state index in [1.165, 1.54) is 24.3 Å². The Bertz CT molecular complexity index is 880. The zero-order valence-corrected chi connectivity index (χ0v) is 12.2. The third kappa shape index (κ3) is 2.55. The molecule has 0 aliphatic carbocycles. The van der Waals surface area contributed by atoms with Gasteiger partial charge in [-0.05, 0) is 48.4 Å². The number of halogens is 1. The molecule has 2 aromatic rings. The first-order chi connectivity index (χ1) is 11.0. The standard InChI is InChI=1S/C18H12FNO3/c1-10-8-13(12-4-3-5-15(19)17(12)20-2)14-9-11(18(21)22)6-7-16(14)23-10/h3-10H,1H3,(H,21,22). The van der Waals surface area contributed by atoms with Crippen LogP contribution in [-0.2, 0) is 0 Å². The Balaban J connectivity index is 2.25. The number of ether oxygens (including phenoxy) is 1. The van der Waals surface area contributed by atoms with Gasteiger partial charge >= 0.3 is 5.97 Å². The number of carboxylic acids is 1. The van der Waals surface area contributed by atoms with Gasteiger partial charge in [0.2, 0.25) is 5.69 Å². The SMILES string of the molecule is [C-]#[N+]c1c(F)cccc1C1=CC(C)Oc2ccc(C(=O)O)cc21. The van der Waals surface area contributed by atoms with E-state index in [1.807, 2.05) is 6.92 Å². The Hall–Kier alpha value is -3.13. The van der Waals surface area contributed by atoms with Crippen molar-refractivity contribution in [2.24, 2.45) is 0 Å². The molecule has 0 amide bonds. The number of fused-ring (bicyclic) bond motifs is 1. The molecule has 114 valence electrons. The van der Waals surface area contributed by atoms with Crippen molar-refractivity contribution in [3.63, 3.8) is 0 Å². The fraction of sp³-hybridized carbons (Fsp3) is 0.111. The van der Waals surface area contributed by atoms with Crippen LogP contribution in [0.2, 0.25) is 0 Å². The monoisotopic (exact) mass is 309 g/mol. The average molecular weight is 309 g/mol. The van der Waals surface area contributed by atoms with Gasteiger partial charge < -0.3 is 9.84 Å². The highest BCUT2D eigenvalue weighted by Crippen LogP contribution is 2.40. The predicted molar refractivity (Wildman–Crippen MR) is 83.2 cm³/mol. The largest absolute Gasteiger partial charge is 0.486 e. The third-order valence-electron chi connectivity index (χ3n) is 3.62. The molecule has 1 N–H and O–H groups in total. The van der Waals surface area contributed by atoms with Gasteiger partial charge in [0.15, 0.2) is 0 Å². The summed E-state index contributed by atoms with van der Waals surface area (Å²) in [5.41, 5.74) is 1.60. The van der Waals surface area contributed by atoms with Gasteiger partial charge in [0, 0.05) is 5.56 Å². The number of carboxylic acid groups (broad SMARTS) is 1. The minimum atomic E-state index is -1.06. The van der Waals surface area contributed by atoms with Gasteiger partial charge in [-0.2, -0.15) is 0 Å². The van der Waals surface area contributed by atoms with Crippen molar-refractivity contribution in [2.45, 2.75) is 13.0 Å². The average Bonchev–Trinajstić information content (AvgIpc) is 2.53. The van der Waals surface area contributed by atoms with Crippen molar-refractivity contribution in [3.05, 3.63) is 76.4 Å². The first-order valence-electron chi connectivity index (χ1n) is 6.94. The molecule has 1 aliphatic rings. The molecule has 0 saturated heterocycles. The summed E-state index contributed by atoms with van der Waals surface area (Å²) in [6, 6.07) is 8.93. The maximum absolute atomic E-state index is 13.9. The van der Waals surface area contributed by atoms with Crippen LogP contribution in [0.15, 0.2) is 42.5 Å². The van der Waals surface area contributed by atoms with Crippen molar-refractivity contribution >= 4 is 17.2 Å². The number of aromatic carboxylic acids is 1. The van der Waals surface area contributed by atoms with Crippen LogP contribution in [0.1, 0.15) is 28.4 Å². The van der Waals surface area contributed by atoms with Crippen LogP contribution in [0.25, 0.3) is 10.4 Å². The molecular formula is C18H12FNO3. The normalized spacial score (nSPS) is 15.9. The molecule has 1 unspecified atom stereocenters. The van der Waals surface area contributed by atoms with E-state index in [4.69, 9.17) is 11.3 Å². The van der Waals surface area contributed by atoms with Crippen molar-refractivity contribution in [1.82, 2.24) is 0 Å². The lowest BCUT2D eigenvalue weighted by atomic mass is 9.91. The second kappa shape index (κ2) is 5.58. The molecule has 0 saturated carbocycles. The van der Waals surface area contributed by atoms with Crippen molar-refractivity contribution in [3.8, 4) is 5.75 Å². The summed E-state index contributed by atoms with van der Waals surface area (Å²) in [6.45, 7) is 9.05. The number of benzene rings is 2. The summed E-state index contributed by atoms with van der Waals surface area (Å²) in [5, 5.41) is 9.17. The minimum Gasteiger partial charge on any atom is -0.486 e. The van der Waals surface area contributed by atoms with Gasteiger partial charge in [-0.3, -0.25) is 0 Å². The van der Waals surface area contributed by atoms with Crippen LogP contribution in [0.5, 0.6) is 5.75 Å². The van der Waals surface area contributed by atoms with Crippen LogP contribution in [0.3, 0.4) is 0 Å². The van der Waals surface area contributed by atoms with Gasteiger partial charge in [0.05, 0.1) is 12.1 Å². The fourth-order valence-electron chi connectivity index (χ4n) is 2.62. The first kappa shape index (κ1) is 14.8. The fourth-order valence-corrected chi connectivity index (χ4v) is 2.62. The molecule has 0 spiro atoms. The summed E-state index contributed by atoms with van der Waals surface area (Å²) >= 11 is 0. The summed E-state index contributed by atoms with van der Waals surface area (Å²) in [4.78, 5) is 14.5. The first-order valence-corrected chi connectivity index (χ1v) is 6.94. The Labute approximate surface area is 132 Å². The predicted octanol–water partition coefficient (Wildman–Crippen LogP) is 4.29. The highest BCUT2D eigenvalue weighted by atomic mass is 19.1. The Morgan fingerprint density at radius 2 is 2.09 bits per heavy atom. The zero-order chi connectivity index (χ0) is 16.6.